The van der Waals surface area contributed by atoms with Gasteiger partial charge in [-0.05, 0) is 12.1 Å². The van der Waals surface area contributed by atoms with E-state index >= 15 is 0 Å². The predicted molar refractivity (Wildman–Crippen MR) is 59.0 cm³/mol. The first kappa shape index (κ1) is 12.4. The second-order valence-electron chi connectivity index (χ2n) is 3.66. The number of aliphatic hydroxyl groups is 1. The van der Waals surface area contributed by atoms with E-state index in [1.807, 2.05) is 0 Å². The molecule has 0 radical (unpaired) electrons. The van der Waals surface area contributed by atoms with Crippen molar-refractivity contribution in [3.8, 4) is 11.3 Å². The number of nitrogen functional groups attached to an aromatic ring is 1. The van der Waals surface area contributed by atoms with Crippen LogP contribution in [0.1, 0.15) is 0 Å². The molecule has 0 bridgehead atoms. The van der Waals surface area contributed by atoms with Gasteiger partial charge in [0.1, 0.15) is 5.82 Å². The van der Waals surface area contributed by atoms with Crippen LogP contribution in [0.15, 0.2) is 18.2 Å². The lowest BCUT2D eigenvalue weighted by molar-refractivity contribution is 0.270. The number of hydrogen-bond acceptors (Lipinski definition) is 3. The smallest absolute Gasteiger partial charge is 0.194 e. The van der Waals surface area contributed by atoms with E-state index in [0.717, 1.165) is 12.1 Å². The van der Waals surface area contributed by atoms with Gasteiger partial charge >= 0.3 is 0 Å². The third-order valence-corrected chi connectivity index (χ3v) is 2.40. The van der Waals surface area contributed by atoms with Crippen LogP contribution in [0.2, 0.25) is 0 Å². The van der Waals surface area contributed by atoms with Crippen LogP contribution in [0.5, 0.6) is 0 Å². The molecule has 1 aromatic heterocycles. The Hall–Kier alpha value is -2.02. The molecule has 18 heavy (non-hydrogen) atoms. The Morgan fingerprint density at radius 1 is 1.17 bits per heavy atom. The van der Waals surface area contributed by atoms with E-state index in [2.05, 4.69) is 5.10 Å². The summed E-state index contributed by atoms with van der Waals surface area (Å²) in [6.07, 6.45) is 0. The molecular formula is C11H10F3N3O. The monoisotopic (exact) mass is 257 g/mol. The highest BCUT2D eigenvalue weighted by molar-refractivity contribution is 5.62. The molecule has 1 aromatic carbocycles. The van der Waals surface area contributed by atoms with Gasteiger partial charge < -0.3 is 10.8 Å². The third kappa shape index (κ3) is 2.17. The summed E-state index contributed by atoms with van der Waals surface area (Å²) in [5.41, 5.74) is 5.88. The number of rotatable bonds is 3. The van der Waals surface area contributed by atoms with Crippen LogP contribution < -0.4 is 5.73 Å². The standard InChI is InChI=1S/C11H10F3N3O/c12-7-3-6(4-8(13)11(7)14)9-5-10(15)17(16-9)1-2-18/h3-5,18H,1-2,15H2. The van der Waals surface area contributed by atoms with Gasteiger partial charge in [0.2, 0.25) is 0 Å². The van der Waals surface area contributed by atoms with E-state index < -0.39 is 17.5 Å². The van der Waals surface area contributed by atoms with E-state index in [0.29, 0.717) is 0 Å². The van der Waals surface area contributed by atoms with E-state index in [1.165, 1.54) is 10.7 Å². The van der Waals surface area contributed by atoms with Gasteiger partial charge in [-0.2, -0.15) is 5.10 Å². The summed E-state index contributed by atoms with van der Waals surface area (Å²) >= 11 is 0. The zero-order valence-electron chi connectivity index (χ0n) is 9.20. The van der Waals surface area contributed by atoms with Crippen molar-refractivity contribution < 1.29 is 18.3 Å². The summed E-state index contributed by atoms with van der Waals surface area (Å²) in [5, 5.41) is 12.7. The van der Waals surface area contributed by atoms with Gasteiger partial charge in [-0.1, -0.05) is 0 Å². The summed E-state index contributed by atoms with van der Waals surface area (Å²) in [6, 6.07) is 3.06. The fourth-order valence-electron chi connectivity index (χ4n) is 1.55. The topological polar surface area (TPSA) is 64.1 Å². The van der Waals surface area contributed by atoms with Crippen molar-refractivity contribution in [1.82, 2.24) is 9.78 Å². The highest BCUT2D eigenvalue weighted by Gasteiger charge is 2.14. The van der Waals surface area contributed by atoms with E-state index in [9.17, 15) is 13.2 Å². The predicted octanol–water partition coefficient (Wildman–Crippen LogP) is 1.54. The zero-order chi connectivity index (χ0) is 13.3. The zero-order valence-corrected chi connectivity index (χ0v) is 9.20. The molecule has 0 unspecified atom stereocenters. The summed E-state index contributed by atoms with van der Waals surface area (Å²) in [7, 11) is 0. The van der Waals surface area contributed by atoms with E-state index in [1.54, 1.807) is 0 Å². The molecule has 2 rings (SSSR count). The molecule has 0 fully saturated rings. The second-order valence-corrected chi connectivity index (χ2v) is 3.66. The van der Waals surface area contributed by atoms with Crippen LogP contribution in [-0.2, 0) is 6.54 Å². The number of nitrogens with two attached hydrogens (primary N) is 1. The van der Waals surface area contributed by atoms with E-state index in [4.69, 9.17) is 10.8 Å². The quantitative estimate of drug-likeness (QED) is 0.820. The molecule has 4 nitrogen and oxygen atoms in total. The van der Waals surface area contributed by atoms with Crippen molar-refractivity contribution >= 4 is 5.82 Å². The van der Waals surface area contributed by atoms with Crippen molar-refractivity contribution in [2.45, 2.75) is 6.54 Å². The maximum atomic E-state index is 13.1. The Morgan fingerprint density at radius 2 is 1.78 bits per heavy atom. The molecule has 0 aliphatic carbocycles. The van der Waals surface area contributed by atoms with Gasteiger partial charge in [-0.15, -0.1) is 0 Å². The first-order valence-corrected chi connectivity index (χ1v) is 5.12. The minimum absolute atomic E-state index is 0.0785. The number of nitrogens with zero attached hydrogens (tertiary/aromatic N) is 2. The minimum atomic E-state index is -1.53. The maximum absolute atomic E-state index is 13.1. The highest BCUT2D eigenvalue weighted by atomic mass is 19.2. The van der Waals surface area contributed by atoms with Crippen LogP contribution in [0.4, 0.5) is 19.0 Å². The molecule has 0 amide bonds. The van der Waals surface area contributed by atoms with Gasteiger partial charge in [0, 0.05) is 11.6 Å². The molecule has 1 heterocycles. The van der Waals surface area contributed by atoms with Crippen molar-refractivity contribution in [3.05, 3.63) is 35.7 Å². The second kappa shape index (κ2) is 4.69. The minimum Gasteiger partial charge on any atom is -0.394 e. The Bertz CT molecular complexity index is 560. The first-order chi connectivity index (χ1) is 8.52. The first-order valence-electron chi connectivity index (χ1n) is 5.12. The van der Waals surface area contributed by atoms with Crippen molar-refractivity contribution in [2.75, 3.05) is 12.3 Å². The molecule has 7 heteroatoms. The number of aliphatic hydroxyl groups excluding tert-OH is 1. The largest absolute Gasteiger partial charge is 0.394 e. The third-order valence-electron chi connectivity index (χ3n) is 2.40. The SMILES string of the molecule is Nc1cc(-c2cc(F)c(F)c(F)c2)nn1CCO. The fourth-order valence-corrected chi connectivity index (χ4v) is 1.55. The molecule has 0 aliphatic heterocycles. The summed E-state index contributed by atoms with van der Waals surface area (Å²) < 4.78 is 40.2. The number of aromatic nitrogens is 2. The van der Waals surface area contributed by atoms with Crippen molar-refractivity contribution in [3.63, 3.8) is 0 Å². The van der Waals surface area contributed by atoms with Crippen LogP contribution in [0, 0.1) is 17.5 Å². The van der Waals surface area contributed by atoms with Crippen LogP contribution >= 0.6 is 0 Å². The van der Waals surface area contributed by atoms with Crippen LogP contribution in [0.3, 0.4) is 0 Å². The average Bonchev–Trinajstić information content (AvgIpc) is 2.68. The summed E-state index contributed by atoms with van der Waals surface area (Å²) in [4.78, 5) is 0. The van der Waals surface area contributed by atoms with E-state index in [-0.39, 0.29) is 30.2 Å². The lowest BCUT2D eigenvalue weighted by Crippen LogP contribution is -2.07. The van der Waals surface area contributed by atoms with Gasteiger partial charge in [-0.3, -0.25) is 0 Å². The highest BCUT2D eigenvalue weighted by Crippen LogP contribution is 2.24. The molecule has 3 N–H and O–H groups in total. The molecule has 2 aromatic rings. The molecule has 96 valence electrons. The molecule has 0 saturated heterocycles. The van der Waals surface area contributed by atoms with Crippen LogP contribution in [-0.4, -0.2) is 21.5 Å². The summed E-state index contributed by atoms with van der Waals surface area (Å²) in [5.74, 6) is -3.87. The Balaban J connectivity index is 2.46. The average molecular weight is 257 g/mol. The Kier molecular flexibility index (Phi) is 3.24. The maximum Gasteiger partial charge on any atom is 0.194 e. The van der Waals surface area contributed by atoms with Crippen molar-refractivity contribution in [2.24, 2.45) is 0 Å². The number of hydrogen-bond donors (Lipinski definition) is 2. The molecule has 0 aliphatic rings. The lowest BCUT2D eigenvalue weighted by Gasteiger charge is -2.01. The number of halogens is 3. The van der Waals surface area contributed by atoms with Gasteiger partial charge in [0.05, 0.1) is 18.8 Å². The van der Waals surface area contributed by atoms with Gasteiger partial charge in [0.15, 0.2) is 17.5 Å². The number of anilines is 1. The van der Waals surface area contributed by atoms with Crippen molar-refractivity contribution in [1.29, 1.82) is 0 Å². The Labute approximate surface area is 100 Å². The lowest BCUT2D eigenvalue weighted by atomic mass is 10.1. The molecular weight excluding hydrogens is 247 g/mol. The van der Waals surface area contributed by atoms with Gasteiger partial charge in [-0.25, -0.2) is 17.9 Å². The Morgan fingerprint density at radius 3 is 2.33 bits per heavy atom. The normalized spacial score (nSPS) is 10.9. The molecule has 0 saturated carbocycles. The van der Waals surface area contributed by atoms with Crippen LogP contribution in [0.25, 0.3) is 11.3 Å². The number of benzene rings is 1. The fraction of sp³-hybridized carbons (Fsp3) is 0.182. The molecule has 0 spiro atoms. The summed E-state index contributed by atoms with van der Waals surface area (Å²) in [6.45, 7) is -0.00451. The molecule has 0 atom stereocenters. The van der Waals surface area contributed by atoms with Gasteiger partial charge in [0.25, 0.3) is 0 Å².